The smallest absolute Gasteiger partial charge is 0.243 e. The summed E-state index contributed by atoms with van der Waals surface area (Å²) in [6, 6.07) is 13.5. The second-order valence-corrected chi connectivity index (χ2v) is 6.82. The number of carbonyl (C=O) groups is 1. The van der Waals surface area contributed by atoms with Crippen LogP contribution >= 0.6 is 0 Å². The zero-order chi connectivity index (χ0) is 16.9. The van der Waals surface area contributed by atoms with Crippen LogP contribution in [0, 0.1) is 5.82 Å². The molecular weight excluding hydrogens is 319 g/mol. The topological polar surface area (TPSA) is 66.5 Å². The molecule has 0 aliphatic rings. The molecule has 2 aromatic carbocycles. The van der Waals surface area contributed by atoms with E-state index in [1.54, 1.807) is 24.3 Å². The number of amides is 1. The van der Waals surface area contributed by atoms with Crippen LogP contribution in [0.1, 0.15) is 5.56 Å². The number of hydrogen-bond donors (Lipinski definition) is 1. The van der Waals surface area contributed by atoms with Gasteiger partial charge in [-0.25, -0.2) is 12.8 Å². The Hall–Kier alpha value is -2.25. The number of carbonyl (C=O) groups excluding carboxylic acids is 1. The summed E-state index contributed by atoms with van der Waals surface area (Å²) in [6.07, 6.45) is 0. The first kappa shape index (κ1) is 17.1. The molecule has 0 aliphatic carbocycles. The maximum Gasteiger partial charge on any atom is 0.243 e. The van der Waals surface area contributed by atoms with Crippen LogP contribution in [0.2, 0.25) is 0 Å². The van der Waals surface area contributed by atoms with E-state index in [1.165, 1.54) is 19.2 Å². The summed E-state index contributed by atoms with van der Waals surface area (Å²) in [7, 11) is -2.48. The van der Waals surface area contributed by atoms with E-state index in [4.69, 9.17) is 0 Å². The van der Waals surface area contributed by atoms with Crippen molar-refractivity contribution < 1.29 is 17.6 Å². The van der Waals surface area contributed by atoms with Crippen LogP contribution in [0.3, 0.4) is 0 Å². The Bertz CT molecular complexity index is 762. The molecule has 0 aromatic heterocycles. The SMILES string of the molecule is CNC(=O)CN(Cc1ccccc1)S(=O)(=O)c1ccc(F)cc1. The minimum absolute atomic E-state index is 0.0496. The molecule has 122 valence electrons. The lowest BCUT2D eigenvalue weighted by atomic mass is 10.2. The Morgan fingerprint density at radius 2 is 1.70 bits per heavy atom. The Labute approximate surface area is 134 Å². The normalized spacial score (nSPS) is 11.4. The van der Waals surface area contributed by atoms with Crippen molar-refractivity contribution in [1.82, 2.24) is 9.62 Å². The molecule has 0 bridgehead atoms. The molecule has 1 N–H and O–H groups in total. The largest absolute Gasteiger partial charge is 0.358 e. The lowest BCUT2D eigenvalue weighted by Crippen LogP contribution is -2.39. The van der Waals surface area contributed by atoms with Crippen molar-refractivity contribution in [2.24, 2.45) is 0 Å². The summed E-state index contributed by atoms with van der Waals surface area (Å²) >= 11 is 0. The highest BCUT2D eigenvalue weighted by atomic mass is 32.2. The summed E-state index contributed by atoms with van der Waals surface area (Å²) in [5, 5.41) is 2.41. The van der Waals surface area contributed by atoms with E-state index in [0.29, 0.717) is 0 Å². The van der Waals surface area contributed by atoms with E-state index in [9.17, 15) is 17.6 Å². The molecule has 0 saturated heterocycles. The third-order valence-electron chi connectivity index (χ3n) is 3.25. The van der Waals surface area contributed by atoms with E-state index in [1.807, 2.05) is 6.07 Å². The molecule has 1 amide bonds. The highest BCUT2D eigenvalue weighted by Gasteiger charge is 2.26. The third kappa shape index (κ3) is 4.37. The van der Waals surface area contributed by atoms with Crippen LogP contribution < -0.4 is 5.32 Å². The van der Waals surface area contributed by atoms with E-state index in [-0.39, 0.29) is 18.0 Å². The van der Waals surface area contributed by atoms with Gasteiger partial charge in [-0.1, -0.05) is 30.3 Å². The Kier molecular flexibility index (Phi) is 5.46. The van der Waals surface area contributed by atoms with Crippen molar-refractivity contribution in [2.75, 3.05) is 13.6 Å². The molecule has 23 heavy (non-hydrogen) atoms. The molecule has 0 spiro atoms. The van der Waals surface area contributed by atoms with Crippen molar-refractivity contribution in [3.05, 3.63) is 66.0 Å². The standard InChI is InChI=1S/C16H17FN2O3S/c1-18-16(20)12-19(11-13-5-3-2-4-6-13)23(21,22)15-9-7-14(17)8-10-15/h2-10H,11-12H2,1H3,(H,18,20). The van der Waals surface area contributed by atoms with Crippen molar-refractivity contribution in [2.45, 2.75) is 11.4 Å². The maximum absolute atomic E-state index is 13.0. The van der Waals surface area contributed by atoms with Crippen LogP contribution in [0.25, 0.3) is 0 Å². The van der Waals surface area contributed by atoms with Gasteiger partial charge < -0.3 is 5.32 Å². The molecule has 0 atom stereocenters. The number of rotatable bonds is 6. The molecule has 5 nitrogen and oxygen atoms in total. The lowest BCUT2D eigenvalue weighted by molar-refractivity contribution is -0.120. The molecule has 0 radical (unpaired) electrons. The van der Waals surface area contributed by atoms with Crippen molar-refractivity contribution in [1.29, 1.82) is 0 Å². The van der Waals surface area contributed by atoms with Crippen LogP contribution in [0.15, 0.2) is 59.5 Å². The monoisotopic (exact) mass is 336 g/mol. The molecule has 0 unspecified atom stereocenters. The number of halogens is 1. The average Bonchev–Trinajstić information content (AvgIpc) is 2.55. The van der Waals surface area contributed by atoms with E-state index < -0.39 is 21.7 Å². The van der Waals surface area contributed by atoms with Crippen molar-refractivity contribution in [3.63, 3.8) is 0 Å². The molecule has 0 fully saturated rings. The number of sulfonamides is 1. The highest BCUT2D eigenvalue weighted by Crippen LogP contribution is 2.18. The van der Waals surface area contributed by atoms with Gasteiger partial charge in [0, 0.05) is 13.6 Å². The van der Waals surface area contributed by atoms with Crippen LogP contribution in [-0.4, -0.2) is 32.2 Å². The third-order valence-corrected chi connectivity index (χ3v) is 5.06. The maximum atomic E-state index is 13.0. The van der Waals surface area contributed by atoms with Gasteiger partial charge in [-0.15, -0.1) is 0 Å². The number of nitrogens with one attached hydrogen (secondary N) is 1. The van der Waals surface area contributed by atoms with E-state index in [2.05, 4.69) is 5.32 Å². The van der Waals surface area contributed by atoms with E-state index >= 15 is 0 Å². The predicted octanol–water partition coefficient (Wildman–Crippen LogP) is 1.76. The minimum atomic E-state index is -3.92. The van der Waals surface area contributed by atoms with E-state index in [0.717, 1.165) is 22.0 Å². The predicted molar refractivity (Wildman–Crippen MR) is 84.5 cm³/mol. The van der Waals surface area contributed by atoms with Crippen LogP contribution in [0.5, 0.6) is 0 Å². The van der Waals surface area contributed by atoms with Gasteiger partial charge >= 0.3 is 0 Å². The first-order chi connectivity index (χ1) is 10.9. The molecule has 2 aromatic rings. The van der Waals surface area contributed by atoms with Crippen molar-refractivity contribution >= 4 is 15.9 Å². The first-order valence-corrected chi connectivity index (χ1v) is 8.37. The van der Waals surface area contributed by atoms with Crippen molar-refractivity contribution in [3.8, 4) is 0 Å². The van der Waals surface area contributed by atoms with Crippen LogP contribution in [-0.2, 0) is 21.4 Å². The highest BCUT2D eigenvalue weighted by molar-refractivity contribution is 7.89. The van der Waals surface area contributed by atoms with Gasteiger partial charge in [-0.3, -0.25) is 4.79 Å². The quantitative estimate of drug-likeness (QED) is 0.874. The van der Waals surface area contributed by atoms with Crippen LogP contribution in [0.4, 0.5) is 4.39 Å². The summed E-state index contributed by atoms with van der Waals surface area (Å²) < 4.78 is 39.5. The summed E-state index contributed by atoms with van der Waals surface area (Å²) in [5.41, 5.74) is 0.752. The zero-order valence-electron chi connectivity index (χ0n) is 12.6. The van der Waals surface area contributed by atoms with Gasteiger partial charge in [0.25, 0.3) is 0 Å². The van der Waals surface area contributed by atoms with Gasteiger partial charge in [0.15, 0.2) is 0 Å². The Morgan fingerprint density at radius 1 is 1.09 bits per heavy atom. The summed E-state index contributed by atoms with van der Waals surface area (Å²) in [4.78, 5) is 11.6. The molecule has 7 heteroatoms. The summed E-state index contributed by atoms with van der Waals surface area (Å²) in [5.74, 6) is -0.948. The van der Waals surface area contributed by atoms with Gasteiger partial charge in [-0.05, 0) is 29.8 Å². The fraction of sp³-hybridized carbons (Fsp3) is 0.188. The second-order valence-electron chi connectivity index (χ2n) is 4.89. The first-order valence-electron chi connectivity index (χ1n) is 6.93. The molecular formula is C16H17FN2O3S. The Balaban J connectivity index is 2.35. The Morgan fingerprint density at radius 3 is 2.26 bits per heavy atom. The summed E-state index contributed by atoms with van der Waals surface area (Å²) in [6.45, 7) is -0.265. The fourth-order valence-electron chi connectivity index (χ4n) is 2.01. The van der Waals surface area contributed by atoms with Gasteiger partial charge in [0.1, 0.15) is 5.82 Å². The minimum Gasteiger partial charge on any atom is -0.358 e. The van der Waals surface area contributed by atoms with Gasteiger partial charge in [0.2, 0.25) is 15.9 Å². The molecule has 0 saturated carbocycles. The second kappa shape index (κ2) is 7.34. The van der Waals surface area contributed by atoms with Gasteiger partial charge in [-0.2, -0.15) is 4.31 Å². The zero-order valence-corrected chi connectivity index (χ0v) is 13.4. The molecule has 0 aliphatic heterocycles. The molecule has 2 rings (SSSR count). The lowest BCUT2D eigenvalue weighted by Gasteiger charge is -2.21. The number of benzene rings is 2. The molecule has 0 heterocycles. The number of nitrogens with zero attached hydrogens (tertiary/aromatic N) is 1. The number of hydrogen-bond acceptors (Lipinski definition) is 3. The van der Waals surface area contributed by atoms with Gasteiger partial charge in [0.05, 0.1) is 11.4 Å². The fourth-order valence-corrected chi connectivity index (χ4v) is 3.39. The average molecular weight is 336 g/mol. The number of likely N-dealkylation sites (N-methyl/N-ethyl adjacent to an activating group) is 1.